The molecule has 0 bridgehead atoms. The Hall–Kier alpha value is -3.94. The highest BCUT2D eigenvalue weighted by Gasteiger charge is 2.46. The number of fused-ring (bicyclic) bond motifs is 10. The minimum absolute atomic E-state index is 0.0121. The zero-order valence-electron chi connectivity index (χ0n) is 19.4. The van der Waals surface area contributed by atoms with Crippen LogP contribution >= 0.6 is 0 Å². The number of aliphatic hydroxyl groups excluding tert-OH is 3. The zero-order valence-corrected chi connectivity index (χ0v) is 19.4. The molecule has 0 aliphatic carbocycles. The summed E-state index contributed by atoms with van der Waals surface area (Å²) in [5.74, 6) is -2.58. The lowest BCUT2D eigenvalue weighted by Crippen LogP contribution is -2.57. The maximum atomic E-state index is 14.6. The van der Waals surface area contributed by atoms with Crippen LogP contribution in [0.2, 0.25) is 0 Å². The Kier molecular flexibility index (Phi) is 4.75. The van der Waals surface area contributed by atoms with E-state index in [4.69, 9.17) is 10.5 Å². The van der Waals surface area contributed by atoms with Crippen LogP contribution in [-0.4, -0.2) is 67.6 Å². The summed E-state index contributed by atoms with van der Waals surface area (Å²) in [4.78, 5) is 29.3. The molecule has 1 saturated heterocycles. The Morgan fingerprint density at radius 3 is 2.26 bits per heavy atom. The van der Waals surface area contributed by atoms with E-state index in [9.17, 15) is 33.7 Å². The summed E-state index contributed by atoms with van der Waals surface area (Å²) in [5.41, 5.74) is 7.08. The molecule has 194 valence electrons. The van der Waals surface area contributed by atoms with Gasteiger partial charge in [-0.1, -0.05) is 0 Å². The van der Waals surface area contributed by atoms with Gasteiger partial charge in [-0.2, -0.15) is 0 Å². The smallest absolute Gasteiger partial charge is 0.259 e. The molecule has 2 amide bonds. The molecule has 3 aromatic carbocycles. The van der Waals surface area contributed by atoms with Crippen molar-refractivity contribution in [3.05, 3.63) is 59.2 Å². The van der Waals surface area contributed by atoms with E-state index < -0.39 is 54.1 Å². The molecule has 2 aliphatic rings. The van der Waals surface area contributed by atoms with Crippen LogP contribution in [0.15, 0.2) is 36.4 Å². The number of ether oxygens (including phenoxy) is 1. The highest BCUT2D eigenvalue weighted by atomic mass is 19.1. The lowest BCUT2D eigenvalue weighted by molar-refractivity contribution is -0.240. The fourth-order valence-corrected chi connectivity index (χ4v) is 5.92. The number of benzene rings is 3. The minimum atomic E-state index is -1.66. The molecule has 0 saturated carbocycles. The van der Waals surface area contributed by atoms with Crippen molar-refractivity contribution in [3.63, 3.8) is 0 Å². The number of aliphatic hydroxyl groups is 3. The van der Waals surface area contributed by atoms with Gasteiger partial charge in [0, 0.05) is 33.6 Å². The first kappa shape index (κ1) is 23.2. The lowest BCUT2D eigenvalue weighted by atomic mass is 9.96. The molecule has 1 fully saturated rings. The van der Waals surface area contributed by atoms with E-state index in [2.05, 4.69) is 10.3 Å². The molecule has 10 nitrogen and oxygen atoms in total. The molecular weight excluding hydrogens is 502 g/mol. The van der Waals surface area contributed by atoms with Gasteiger partial charge in [0.05, 0.1) is 27.7 Å². The molecule has 5 atom stereocenters. The zero-order chi connectivity index (χ0) is 26.6. The van der Waals surface area contributed by atoms with Crippen molar-refractivity contribution in [2.24, 2.45) is 5.73 Å². The Morgan fingerprint density at radius 2 is 1.55 bits per heavy atom. The van der Waals surface area contributed by atoms with Crippen LogP contribution in [0.1, 0.15) is 26.9 Å². The van der Waals surface area contributed by atoms with E-state index in [1.54, 1.807) is 0 Å². The molecule has 2 aliphatic heterocycles. The lowest BCUT2D eigenvalue weighted by Gasteiger charge is -2.41. The first-order valence-corrected chi connectivity index (χ1v) is 11.9. The van der Waals surface area contributed by atoms with Crippen LogP contribution in [-0.2, 0) is 4.74 Å². The summed E-state index contributed by atoms with van der Waals surface area (Å²) in [6, 6.07) is 7.76. The van der Waals surface area contributed by atoms with E-state index in [1.807, 2.05) is 0 Å². The molecule has 0 radical (unpaired) electrons. The number of hydrogen-bond donors (Lipinski definition) is 6. The minimum Gasteiger partial charge on any atom is -0.388 e. The van der Waals surface area contributed by atoms with Gasteiger partial charge in [0.2, 0.25) is 0 Å². The predicted octanol–water partition coefficient (Wildman–Crippen LogP) is 1.53. The molecular formula is C26H20F2N4O6. The molecule has 38 heavy (non-hydrogen) atoms. The van der Waals surface area contributed by atoms with E-state index in [0.29, 0.717) is 21.9 Å². The summed E-state index contributed by atoms with van der Waals surface area (Å²) in [7, 11) is 0. The second kappa shape index (κ2) is 7.79. The van der Waals surface area contributed by atoms with Crippen LogP contribution in [0.25, 0.3) is 43.6 Å². The Bertz CT molecular complexity index is 1860. The Balaban J connectivity index is 1.72. The average Bonchev–Trinajstić information content (AvgIpc) is 3.51. The number of nitrogens with two attached hydrogens (primary N) is 1. The van der Waals surface area contributed by atoms with E-state index in [-0.39, 0.29) is 39.3 Å². The molecule has 5 aromatic rings. The van der Waals surface area contributed by atoms with E-state index in [0.717, 1.165) is 0 Å². The number of nitrogens with zero attached hydrogens (tertiary/aromatic N) is 1. The van der Waals surface area contributed by atoms with Gasteiger partial charge in [0.1, 0.15) is 36.1 Å². The standard InChI is InChI=1S/C26H20F2N4O6/c27-8-1-3-12-10(5-8)15-17-18(25(37)31-24(17)36)16-11-6-9(28)2-4-13(11)32(20(16)19(15)30-12)26-23(35)22(34)21(33)14(7-29)38-26/h1-6,14,21-23,26,30,33-35H,7,29H2,(H,31,36,37)/t14-,21-,22+,23-,26-/m1/s1. The summed E-state index contributed by atoms with van der Waals surface area (Å²) in [5, 5.41) is 35.4. The van der Waals surface area contributed by atoms with Gasteiger partial charge in [-0.05, 0) is 36.4 Å². The van der Waals surface area contributed by atoms with Gasteiger partial charge in [-0.25, -0.2) is 8.78 Å². The fourth-order valence-electron chi connectivity index (χ4n) is 5.92. The van der Waals surface area contributed by atoms with E-state index in [1.165, 1.54) is 41.0 Å². The number of rotatable bonds is 2. The number of aromatic amines is 1. The third-order valence-corrected chi connectivity index (χ3v) is 7.57. The number of carbonyl (C=O) groups is 2. The van der Waals surface area contributed by atoms with Gasteiger partial charge in [0.25, 0.3) is 11.8 Å². The summed E-state index contributed by atoms with van der Waals surface area (Å²) in [6.45, 7) is -0.180. The number of amides is 2. The van der Waals surface area contributed by atoms with Gasteiger partial charge in [0.15, 0.2) is 6.23 Å². The van der Waals surface area contributed by atoms with Gasteiger partial charge >= 0.3 is 0 Å². The Morgan fingerprint density at radius 1 is 0.895 bits per heavy atom. The molecule has 2 aromatic heterocycles. The van der Waals surface area contributed by atoms with Crippen molar-refractivity contribution in [2.75, 3.05) is 6.54 Å². The number of carbonyl (C=O) groups excluding carboxylic acids is 2. The van der Waals surface area contributed by atoms with Crippen molar-refractivity contribution in [1.29, 1.82) is 0 Å². The number of aromatic nitrogens is 2. The Labute approximate surface area is 211 Å². The van der Waals surface area contributed by atoms with Gasteiger partial charge < -0.3 is 35.3 Å². The van der Waals surface area contributed by atoms with Crippen LogP contribution in [0.4, 0.5) is 8.78 Å². The molecule has 0 spiro atoms. The van der Waals surface area contributed by atoms with Crippen molar-refractivity contribution in [2.45, 2.75) is 30.6 Å². The molecule has 0 unspecified atom stereocenters. The van der Waals surface area contributed by atoms with E-state index >= 15 is 0 Å². The average molecular weight is 522 g/mol. The predicted molar refractivity (Wildman–Crippen MR) is 132 cm³/mol. The molecule has 7 rings (SSSR count). The number of nitrogens with one attached hydrogen (secondary N) is 2. The maximum absolute atomic E-state index is 14.6. The topological polar surface area (TPSA) is 163 Å². The SMILES string of the molecule is NC[C@H]1O[C@@H](n2c3ccc(F)cc3c3c4c(c5c6cc(F)ccc6[nH]c5c32)C(=O)NC4=O)[C@H](O)[C@@H](O)[C@@H]1O. The molecule has 7 N–H and O–H groups in total. The number of halogens is 2. The summed E-state index contributed by atoms with van der Waals surface area (Å²) in [6.07, 6.45) is -7.16. The second-order valence-electron chi connectivity index (χ2n) is 9.63. The molecule has 4 heterocycles. The third-order valence-electron chi connectivity index (χ3n) is 7.57. The monoisotopic (exact) mass is 522 g/mol. The van der Waals surface area contributed by atoms with Crippen LogP contribution in [0, 0.1) is 11.6 Å². The van der Waals surface area contributed by atoms with Crippen LogP contribution in [0.3, 0.4) is 0 Å². The van der Waals surface area contributed by atoms with Crippen molar-refractivity contribution >= 4 is 55.4 Å². The first-order valence-electron chi connectivity index (χ1n) is 11.9. The van der Waals surface area contributed by atoms with Crippen molar-refractivity contribution < 1.29 is 38.4 Å². The van der Waals surface area contributed by atoms with Crippen molar-refractivity contribution in [1.82, 2.24) is 14.9 Å². The maximum Gasteiger partial charge on any atom is 0.259 e. The number of H-pyrrole nitrogens is 1. The second-order valence-corrected chi connectivity index (χ2v) is 9.63. The van der Waals surface area contributed by atoms with Gasteiger partial charge in [-0.3, -0.25) is 14.9 Å². The highest BCUT2D eigenvalue weighted by molar-refractivity contribution is 6.39. The van der Waals surface area contributed by atoms with Gasteiger partial charge in [-0.15, -0.1) is 0 Å². The quantitative estimate of drug-likeness (QED) is 0.192. The number of imide groups is 1. The van der Waals surface area contributed by atoms with Crippen LogP contribution < -0.4 is 11.1 Å². The summed E-state index contributed by atoms with van der Waals surface area (Å²) < 4.78 is 36.4. The molecule has 12 heteroatoms. The fraction of sp³-hybridized carbons (Fsp3) is 0.231. The highest BCUT2D eigenvalue weighted by Crippen LogP contribution is 2.46. The normalized spacial score (nSPS) is 25.7. The first-order chi connectivity index (χ1) is 18.2. The van der Waals surface area contributed by atoms with Crippen LogP contribution in [0.5, 0.6) is 0 Å². The largest absolute Gasteiger partial charge is 0.388 e. The van der Waals surface area contributed by atoms with Crippen molar-refractivity contribution in [3.8, 4) is 0 Å². The third kappa shape index (κ3) is 2.86. The number of hydrogen-bond acceptors (Lipinski definition) is 7. The summed E-state index contributed by atoms with van der Waals surface area (Å²) >= 11 is 0.